The molecule has 0 bridgehead atoms. The van der Waals surface area contributed by atoms with Gasteiger partial charge in [-0.05, 0) is 43.2 Å². The molecule has 1 aromatic carbocycles. The molecule has 26 heavy (non-hydrogen) atoms. The monoisotopic (exact) mass is 373 g/mol. The first kappa shape index (κ1) is 18.1. The Morgan fingerprint density at radius 3 is 2.69 bits per heavy atom. The number of nitrogens with one attached hydrogen (secondary N) is 1. The first-order chi connectivity index (χ1) is 12.4. The van der Waals surface area contributed by atoms with E-state index in [4.69, 9.17) is 9.47 Å². The summed E-state index contributed by atoms with van der Waals surface area (Å²) < 4.78 is 10.5. The number of hydrogen-bond donors (Lipinski definition) is 2. The van der Waals surface area contributed by atoms with E-state index in [1.807, 2.05) is 13.8 Å². The second-order valence-corrected chi connectivity index (χ2v) is 6.77. The fraction of sp³-hybridized carbons (Fsp3) is 0.278. The Balaban J connectivity index is 2.01. The minimum absolute atomic E-state index is 0.157. The number of ether oxygens (including phenoxy) is 2. The molecule has 0 atom stereocenters. The summed E-state index contributed by atoms with van der Waals surface area (Å²) in [6, 6.07) is 4.80. The molecule has 2 heterocycles. The average Bonchev–Trinajstić information content (AvgIpc) is 2.94. The van der Waals surface area contributed by atoms with Crippen molar-refractivity contribution in [3.8, 4) is 11.6 Å². The summed E-state index contributed by atoms with van der Waals surface area (Å²) in [6.07, 6.45) is 0. The Bertz CT molecular complexity index is 984. The summed E-state index contributed by atoms with van der Waals surface area (Å²) in [5.41, 5.74) is 2.18. The van der Waals surface area contributed by atoms with E-state index in [9.17, 15) is 9.90 Å². The van der Waals surface area contributed by atoms with Gasteiger partial charge in [-0.3, -0.25) is 4.79 Å². The Morgan fingerprint density at radius 2 is 2.04 bits per heavy atom. The predicted octanol–water partition coefficient (Wildman–Crippen LogP) is 3.42. The Morgan fingerprint density at radius 1 is 1.27 bits per heavy atom. The third-order valence-corrected chi connectivity index (χ3v) is 5.12. The molecular formula is C18H19N3O4S. The van der Waals surface area contributed by atoms with Gasteiger partial charge < -0.3 is 19.9 Å². The van der Waals surface area contributed by atoms with Gasteiger partial charge in [0.15, 0.2) is 5.82 Å². The fourth-order valence-electron chi connectivity index (χ4n) is 2.67. The van der Waals surface area contributed by atoms with Crippen LogP contribution in [-0.2, 0) is 11.3 Å². The number of phenols is 1. The molecule has 0 aliphatic rings. The molecule has 0 aliphatic heterocycles. The van der Waals surface area contributed by atoms with Gasteiger partial charge in [0.2, 0.25) is 5.88 Å². The van der Waals surface area contributed by atoms with Crippen molar-refractivity contribution < 1.29 is 19.4 Å². The van der Waals surface area contributed by atoms with Crippen molar-refractivity contribution in [2.45, 2.75) is 20.5 Å². The van der Waals surface area contributed by atoms with E-state index in [-0.39, 0.29) is 18.3 Å². The third kappa shape index (κ3) is 3.33. The SMILES string of the molecule is COCc1nc(OC)c2c(C)c(C(=O)Nc3ccc(O)cc3C)sc2n1. The van der Waals surface area contributed by atoms with E-state index in [2.05, 4.69) is 15.3 Å². The van der Waals surface area contributed by atoms with Crippen molar-refractivity contribution in [2.24, 2.45) is 0 Å². The number of fused-ring (bicyclic) bond motifs is 1. The summed E-state index contributed by atoms with van der Waals surface area (Å²) in [5.74, 6) is 0.842. The summed E-state index contributed by atoms with van der Waals surface area (Å²) in [7, 11) is 3.10. The average molecular weight is 373 g/mol. The van der Waals surface area contributed by atoms with Crippen molar-refractivity contribution >= 4 is 33.1 Å². The van der Waals surface area contributed by atoms with Crippen LogP contribution in [0.4, 0.5) is 5.69 Å². The van der Waals surface area contributed by atoms with Gasteiger partial charge in [0.25, 0.3) is 5.91 Å². The van der Waals surface area contributed by atoms with Crippen LogP contribution in [0.3, 0.4) is 0 Å². The van der Waals surface area contributed by atoms with Crippen LogP contribution >= 0.6 is 11.3 Å². The summed E-state index contributed by atoms with van der Waals surface area (Å²) >= 11 is 1.28. The van der Waals surface area contributed by atoms with Crippen LogP contribution in [0, 0.1) is 13.8 Å². The molecule has 0 unspecified atom stereocenters. The largest absolute Gasteiger partial charge is 0.508 e. The van der Waals surface area contributed by atoms with Crippen LogP contribution < -0.4 is 10.1 Å². The number of nitrogens with zero attached hydrogens (tertiary/aromatic N) is 2. The zero-order chi connectivity index (χ0) is 18.8. The predicted molar refractivity (Wildman–Crippen MR) is 100 cm³/mol. The van der Waals surface area contributed by atoms with Crippen molar-refractivity contribution in [3.63, 3.8) is 0 Å². The van der Waals surface area contributed by atoms with Crippen LogP contribution in [0.25, 0.3) is 10.2 Å². The van der Waals surface area contributed by atoms with Crippen LogP contribution in [-0.4, -0.2) is 35.2 Å². The zero-order valence-corrected chi connectivity index (χ0v) is 15.7. The zero-order valence-electron chi connectivity index (χ0n) is 14.9. The summed E-state index contributed by atoms with van der Waals surface area (Å²) in [6.45, 7) is 3.93. The maximum Gasteiger partial charge on any atom is 0.266 e. The lowest BCUT2D eigenvalue weighted by molar-refractivity contribution is 0.103. The number of anilines is 1. The number of thiophene rings is 1. The van der Waals surface area contributed by atoms with Crippen molar-refractivity contribution in [1.82, 2.24) is 9.97 Å². The summed E-state index contributed by atoms with van der Waals surface area (Å²) in [4.78, 5) is 22.8. The lowest BCUT2D eigenvalue weighted by Crippen LogP contribution is -2.12. The second-order valence-electron chi connectivity index (χ2n) is 5.77. The highest BCUT2D eigenvalue weighted by molar-refractivity contribution is 7.20. The number of carbonyl (C=O) groups excluding carboxylic acids is 1. The number of amides is 1. The molecule has 0 fully saturated rings. The quantitative estimate of drug-likeness (QED) is 0.666. The molecule has 3 rings (SSSR count). The van der Waals surface area contributed by atoms with E-state index >= 15 is 0 Å². The van der Waals surface area contributed by atoms with E-state index in [0.29, 0.717) is 27.1 Å². The number of aromatic nitrogens is 2. The lowest BCUT2D eigenvalue weighted by Gasteiger charge is -2.08. The maximum absolute atomic E-state index is 12.8. The Labute approximate surface area is 154 Å². The van der Waals surface area contributed by atoms with Gasteiger partial charge in [-0.1, -0.05) is 0 Å². The van der Waals surface area contributed by atoms with Crippen LogP contribution in [0.15, 0.2) is 18.2 Å². The van der Waals surface area contributed by atoms with Crippen LogP contribution in [0.5, 0.6) is 11.6 Å². The maximum atomic E-state index is 12.8. The van der Waals surface area contributed by atoms with Gasteiger partial charge in [0, 0.05) is 12.8 Å². The smallest absolute Gasteiger partial charge is 0.266 e. The minimum atomic E-state index is -0.241. The number of benzene rings is 1. The molecule has 0 saturated heterocycles. The fourth-order valence-corrected chi connectivity index (χ4v) is 3.76. The van der Waals surface area contributed by atoms with Gasteiger partial charge >= 0.3 is 0 Å². The molecule has 0 saturated carbocycles. The summed E-state index contributed by atoms with van der Waals surface area (Å²) in [5, 5.41) is 13.1. The molecular weight excluding hydrogens is 354 g/mol. The topological polar surface area (TPSA) is 93.6 Å². The number of methoxy groups -OCH3 is 2. The highest BCUT2D eigenvalue weighted by Gasteiger charge is 2.21. The van der Waals surface area contributed by atoms with Gasteiger partial charge in [-0.15, -0.1) is 11.3 Å². The number of carbonyl (C=O) groups is 1. The van der Waals surface area contributed by atoms with E-state index in [1.165, 1.54) is 24.5 Å². The van der Waals surface area contributed by atoms with Gasteiger partial charge in [-0.2, -0.15) is 4.98 Å². The molecule has 3 aromatic rings. The minimum Gasteiger partial charge on any atom is -0.508 e. The number of aryl methyl sites for hydroxylation is 2. The van der Waals surface area contributed by atoms with Crippen molar-refractivity contribution in [2.75, 3.05) is 19.5 Å². The number of hydrogen-bond acceptors (Lipinski definition) is 7. The highest BCUT2D eigenvalue weighted by Crippen LogP contribution is 2.35. The first-order valence-electron chi connectivity index (χ1n) is 7.88. The molecule has 0 radical (unpaired) electrons. The normalized spacial score (nSPS) is 10.9. The molecule has 2 aromatic heterocycles. The van der Waals surface area contributed by atoms with Crippen LogP contribution in [0.2, 0.25) is 0 Å². The van der Waals surface area contributed by atoms with Gasteiger partial charge in [0.1, 0.15) is 17.2 Å². The molecule has 0 spiro atoms. The Hall–Kier alpha value is -2.71. The number of aromatic hydroxyl groups is 1. The molecule has 2 N–H and O–H groups in total. The highest BCUT2D eigenvalue weighted by atomic mass is 32.1. The van der Waals surface area contributed by atoms with Crippen molar-refractivity contribution in [1.29, 1.82) is 0 Å². The molecule has 7 nitrogen and oxygen atoms in total. The van der Waals surface area contributed by atoms with Crippen molar-refractivity contribution in [3.05, 3.63) is 40.0 Å². The molecule has 136 valence electrons. The molecule has 8 heteroatoms. The van der Waals surface area contributed by atoms with Gasteiger partial charge in [-0.25, -0.2) is 4.98 Å². The van der Waals surface area contributed by atoms with Crippen LogP contribution in [0.1, 0.15) is 26.6 Å². The molecule has 1 amide bonds. The van der Waals surface area contributed by atoms with E-state index < -0.39 is 0 Å². The Kier molecular flexibility index (Phi) is 5.06. The first-order valence-corrected chi connectivity index (χ1v) is 8.70. The second kappa shape index (κ2) is 7.27. The van der Waals surface area contributed by atoms with E-state index in [1.54, 1.807) is 19.2 Å². The van der Waals surface area contributed by atoms with E-state index in [0.717, 1.165) is 16.5 Å². The third-order valence-electron chi connectivity index (χ3n) is 3.93. The standard InChI is InChI=1S/C18H19N3O4S/c1-9-7-11(22)5-6-12(9)19-16(23)15-10(2)14-17(25-4)20-13(8-24-3)21-18(14)26-15/h5-7,22H,8H2,1-4H3,(H,19,23). The number of rotatable bonds is 5. The van der Waals surface area contributed by atoms with Gasteiger partial charge in [0.05, 0.1) is 17.4 Å². The lowest BCUT2D eigenvalue weighted by atomic mass is 10.1. The number of phenolic OH excluding ortho intramolecular Hbond substituents is 1. The molecule has 0 aliphatic carbocycles.